The maximum atomic E-state index is 12.0. The number of imidazole rings is 1. The topological polar surface area (TPSA) is 65.8 Å². The summed E-state index contributed by atoms with van der Waals surface area (Å²) in [7, 11) is 0. The van der Waals surface area contributed by atoms with Crippen LogP contribution in [0.3, 0.4) is 0 Å². The molecule has 6 nitrogen and oxygen atoms in total. The standard InChI is InChI=1S/C12H16N4O2/c1-8(2)16-6-5-15(12(16)17)7-10-13-11(14-18-10)9-3-4-9/h5-6,8-9H,3-4,7H2,1-2H3. The van der Waals surface area contributed by atoms with Gasteiger partial charge in [-0.05, 0) is 26.7 Å². The summed E-state index contributed by atoms with van der Waals surface area (Å²) in [5.74, 6) is 1.75. The Morgan fingerprint density at radius 3 is 2.83 bits per heavy atom. The summed E-state index contributed by atoms with van der Waals surface area (Å²) in [6, 6.07) is 0.156. The van der Waals surface area contributed by atoms with E-state index in [1.54, 1.807) is 21.5 Å². The van der Waals surface area contributed by atoms with Gasteiger partial charge < -0.3 is 4.52 Å². The highest BCUT2D eigenvalue weighted by Crippen LogP contribution is 2.38. The second kappa shape index (κ2) is 4.12. The average molecular weight is 248 g/mol. The van der Waals surface area contributed by atoms with Gasteiger partial charge in [0.15, 0.2) is 5.82 Å². The smallest absolute Gasteiger partial charge is 0.328 e. The van der Waals surface area contributed by atoms with Gasteiger partial charge in [-0.25, -0.2) is 4.79 Å². The molecule has 6 heteroatoms. The highest BCUT2D eigenvalue weighted by Gasteiger charge is 2.28. The molecule has 2 heterocycles. The second-order valence-electron chi connectivity index (χ2n) is 5.03. The van der Waals surface area contributed by atoms with Crippen molar-refractivity contribution in [3.63, 3.8) is 0 Å². The van der Waals surface area contributed by atoms with Crippen molar-refractivity contribution < 1.29 is 4.52 Å². The number of hydrogen-bond acceptors (Lipinski definition) is 4. The van der Waals surface area contributed by atoms with Gasteiger partial charge in [-0.2, -0.15) is 4.98 Å². The molecule has 0 radical (unpaired) electrons. The minimum Gasteiger partial charge on any atom is -0.337 e. The molecule has 0 unspecified atom stereocenters. The molecule has 0 aliphatic heterocycles. The maximum absolute atomic E-state index is 12.0. The molecule has 0 amide bonds. The van der Waals surface area contributed by atoms with Crippen LogP contribution in [0.15, 0.2) is 21.7 Å². The number of rotatable bonds is 4. The van der Waals surface area contributed by atoms with Gasteiger partial charge >= 0.3 is 5.69 Å². The first kappa shape index (κ1) is 11.3. The molecule has 0 bridgehead atoms. The fourth-order valence-corrected chi connectivity index (χ4v) is 1.93. The van der Waals surface area contributed by atoms with E-state index in [1.807, 2.05) is 13.8 Å². The highest BCUT2D eigenvalue weighted by molar-refractivity contribution is 5.03. The van der Waals surface area contributed by atoms with Crippen LogP contribution in [0.2, 0.25) is 0 Å². The van der Waals surface area contributed by atoms with E-state index in [2.05, 4.69) is 10.1 Å². The molecule has 1 fully saturated rings. The summed E-state index contributed by atoms with van der Waals surface area (Å²) in [5.41, 5.74) is -0.0452. The van der Waals surface area contributed by atoms with Gasteiger partial charge in [0.25, 0.3) is 0 Å². The van der Waals surface area contributed by atoms with Crippen molar-refractivity contribution in [2.75, 3.05) is 0 Å². The Morgan fingerprint density at radius 1 is 1.44 bits per heavy atom. The quantitative estimate of drug-likeness (QED) is 0.823. The van der Waals surface area contributed by atoms with E-state index < -0.39 is 0 Å². The van der Waals surface area contributed by atoms with Crippen molar-refractivity contribution in [1.82, 2.24) is 19.3 Å². The van der Waals surface area contributed by atoms with Crippen molar-refractivity contribution in [2.24, 2.45) is 0 Å². The Morgan fingerprint density at radius 2 is 2.22 bits per heavy atom. The average Bonchev–Trinajstić information content (AvgIpc) is 2.97. The molecule has 3 rings (SSSR count). The normalized spacial score (nSPS) is 15.5. The van der Waals surface area contributed by atoms with Gasteiger partial charge in [0.05, 0.1) is 0 Å². The van der Waals surface area contributed by atoms with Crippen LogP contribution in [0, 0.1) is 0 Å². The third-order valence-corrected chi connectivity index (χ3v) is 3.16. The fraction of sp³-hybridized carbons (Fsp3) is 0.583. The van der Waals surface area contributed by atoms with E-state index in [0.29, 0.717) is 18.4 Å². The summed E-state index contributed by atoms with van der Waals surface area (Å²) < 4.78 is 8.43. The molecular formula is C12H16N4O2. The number of hydrogen-bond donors (Lipinski definition) is 0. The lowest BCUT2D eigenvalue weighted by Crippen LogP contribution is -2.25. The monoisotopic (exact) mass is 248 g/mol. The Bertz CT molecular complexity index is 604. The second-order valence-corrected chi connectivity index (χ2v) is 5.03. The molecule has 1 aliphatic rings. The van der Waals surface area contributed by atoms with Gasteiger partial charge in [0.1, 0.15) is 6.54 Å². The largest absolute Gasteiger partial charge is 0.337 e. The first-order valence-electron chi connectivity index (χ1n) is 6.25. The van der Waals surface area contributed by atoms with Crippen LogP contribution in [0.25, 0.3) is 0 Å². The van der Waals surface area contributed by atoms with E-state index in [0.717, 1.165) is 18.7 Å². The molecule has 96 valence electrons. The lowest BCUT2D eigenvalue weighted by atomic mass is 10.4. The van der Waals surface area contributed by atoms with Crippen LogP contribution in [0.4, 0.5) is 0 Å². The zero-order chi connectivity index (χ0) is 12.7. The van der Waals surface area contributed by atoms with Crippen LogP contribution in [0.5, 0.6) is 0 Å². The van der Waals surface area contributed by atoms with Crippen molar-refractivity contribution in [3.05, 3.63) is 34.6 Å². The fourth-order valence-electron chi connectivity index (χ4n) is 1.93. The lowest BCUT2D eigenvalue weighted by molar-refractivity contribution is 0.364. The van der Waals surface area contributed by atoms with E-state index in [1.165, 1.54) is 0 Å². The zero-order valence-electron chi connectivity index (χ0n) is 10.5. The van der Waals surface area contributed by atoms with Crippen molar-refractivity contribution >= 4 is 0 Å². The molecule has 2 aromatic heterocycles. The van der Waals surface area contributed by atoms with E-state index in [4.69, 9.17) is 4.52 Å². The van der Waals surface area contributed by atoms with Gasteiger partial charge in [-0.15, -0.1) is 0 Å². The van der Waals surface area contributed by atoms with Crippen LogP contribution >= 0.6 is 0 Å². The highest BCUT2D eigenvalue weighted by atomic mass is 16.5. The first-order valence-corrected chi connectivity index (χ1v) is 6.25. The molecule has 0 spiro atoms. The summed E-state index contributed by atoms with van der Waals surface area (Å²) in [6.45, 7) is 4.30. The van der Waals surface area contributed by atoms with E-state index in [9.17, 15) is 4.79 Å². The maximum Gasteiger partial charge on any atom is 0.328 e. The van der Waals surface area contributed by atoms with Crippen LogP contribution in [-0.4, -0.2) is 19.3 Å². The number of nitrogens with zero attached hydrogens (tertiary/aromatic N) is 4. The zero-order valence-corrected chi connectivity index (χ0v) is 10.5. The molecule has 0 N–H and O–H groups in total. The Kier molecular flexibility index (Phi) is 2.57. The summed E-state index contributed by atoms with van der Waals surface area (Å²) in [6.07, 6.45) is 5.82. The predicted molar refractivity (Wildman–Crippen MR) is 64.5 cm³/mol. The first-order chi connectivity index (χ1) is 8.65. The molecule has 0 saturated heterocycles. The van der Waals surface area contributed by atoms with Crippen LogP contribution < -0.4 is 5.69 Å². The SMILES string of the molecule is CC(C)n1ccn(Cc2nc(C3CC3)no2)c1=O. The molecule has 2 aromatic rings. The van der Waals surface area contributed by atoms with Gasteiger partial charge in [0.2, 0.25) is 5.89 Å². The lowest BCUT2D eigenvalue weighted by Gasteiger charge is -2.03. The summed E-state index contributed by atoms with van der Waals surface area (Å²) >= 11 is 0. The minimum absolute atomic E-state index is 0.0452. The molecular weight excluding hydrogens is 232 g/mol. The predicted octanol–water partition coefficient (Wildman–Crippen LogP) is 1.54. The van der Waals surface area contributed by atoms with Crippen molar-refractivity contribution in [3.8, 4) is 0 Å². The summed E-state index contributed by atoms with van der Waals surface area (Å²) in [5, 5.41) is 3.94. The van der Waals surface area contributed by atoms with Crippen LogP contribution in [0.1, 0.15) is 50.4 Å². The van der Waals surface area contributed by atoms with E-state index >= 15 is 0 Å². The molecule has 1 aliphatic carbocycles. The third-order valence-electron chi connectivity index (χ3n) is 3.16. The van der Waals surface area contributed by atoms with E-state index in [-0.39, 0.29) is 11.7 Å². The minimum atomic E-state index is -0.0452. The van der Waals surface area contributed by atoms with Gasteiger partial charge in [-0.1, -0.05) is 5.16 Å². The molecule has 18 heavy (non-hydrogen) atoms. The molecule has 1 saturated carbocycles. The Balaban J connectivity index is 1.80. The van der Waals surface area contributed by atoms with Crippen molar-refractivity contribution in [2.45, 2.75) is 45.2 Å². The Labute approximate surface area is 104 Å². The van der Waals surface area contributed by atoms with Crippen molar-refractivity contribution in [1.29, 1.82) is 0 Å². The number of aromatic nitrogens is 4. The Hall–Kier alpha value is -1.85. The van der Waals surface area contributed by atoms with Gasteiger partial charge in [0, 0.05) is 24.4 Å². The molecule has 0 atom stereocenters. The third kappa shape index (κ3) is 1.98. The molecule has 0 aromatic carbocycles. The summed E-state index contributed by atoms with van der Waals surface area (Å²) in [4.78, 5) is 16.3. The van der Waals surface area contributed by atoms with Gasteiger partial charge in [-0.3, -0.25) is 9.13 Å². The van der Waals surface area contributed by atoms with Crippen LogP contribution in [-0.2, 0) is 6.54 Å².